The third-order valence-electron chi connectivity index (χ3n) is 3.14. The molecule has 0 saturated heterocycles. The van der Waals surface area contributed by atoms with Crippen molar-refractivity contribution in [2.75, 3.05) is 10.0 Å². The lowest BCUT2D eigenvalue weighted by atomic mass is 10.1. The van der Waals surface area contributed by atoms with E-state index in [1.54, 1.807) is 12.1 Å². The molecular formula is C17H19FN2O3S. The molecule has 1 amide bonds. The highest BCUT2D eigenvalue weighted by Gasteiger charge is 2.18. The average Bonchev–Trinajstić information content (AvgIpc) is 2.48. The number of rotatable bonds is 6. The minimum Gasteiger partial charge on any atom is -0.326 e. The van der Waals surface area contributed by atoms with Crippen LogP contribution in [0.5, 0.6) is 0 Å². The first kappa shape index (κ1) is 17.9. The minimum absolute atomic E-state index is 0.107. The highest BCUT2D eigenvalue weighted by molar-refractivity contribution is 7.92. The molecule has 0 aliphatic rings. The number of benzene rings is 2. The number of amides is 1. The third kappa shape index (κ3) is 4.79. The fourth-order valence-corrected chi connectivity index (χ4v) is 3.22. The SMILES string of the molecule is CC(C)CC(=O)Nc1ccc(NS(=O)(=O)c2ccccc2F)cc1. The molecule has 2 aromatic carbocycles. The molecule has 0 heterocycles. The maximum absolute atomic E-state index is 13.6. The zero-order chi connectivity index (χ0) is 17.7. The Morgan fingerprint density at radius 3 is 2.21 bits per heavy atom. The predicted octanol–water partition coefficient (Wildman–Crippen LogP) is 3.61. The minimum atomic E-state index is -4.01. The normalized spacial score (nSPS) is 11.3. The Kier molecular flexibility index (Phi) is 5.56. The Morgan fingerprint density at radius 2 is 1.62 bits per heavy atom. The van der Waals surface area contributed by atoms with Gasteiger partial charge in [-0.25, -0.2) is 12.8 Å². The van der Waals surface area contributed by atoms with Crippen molar-refractivity contribution in [3.8, 4) is 0 Å². The summed E-state index contributed by atoms with van der Waals surface area (Å²) in [5.74, 6) is -0.677. The first-order valence-corrected chi connectivity index (χ1v) is 8.93. The third-order valence-corrected chi connectivity index (χ3v) is 4.56. The van der Waals surface area contributed by atoms with Gasteiger partial charge in [0.15, 0.2) is 0 Å². The molecule has 128 valence electrons. The molecule has 2 aromatic rings. The van der Waals surface area contributed by atoms with E-state index in [-0.39, 0.29) is 17.5 Å². The number of carbonyl (C=O) groups excluding carboxylic acids is 1. The first-order chi connectivity index (χ1) is 11.3. The molecule has 0 aliphatic heterocycles. The van der Waals surface area contributed by atoms with Crippen LogP contribution < -0.4 is 10.0 Å². The first-order valence-electron chi connectivity index (χ1n) is 7.45. The summed E-state index contributed by atoms with van der Waals surface area (Å²) in [6.45, 7) is 3.89. The summed E-state index contributed by atoms with van der Waals surface area (Å²) in [6.07, 6.45) is 0.404. The predicted molar refractivity (Wildman–Crippen MR) is 91.7 cm³/mol. The molecule has 0 aliphatic carbocycles. The van der Waals surface area contributed by atoms with Crippen molar-refractivity contribution in [3.05, 3.63) is 54.3 Å². The zero-order valence-electron chi connectivity index (χ0n) is 13.4. The standard InChI is InChI=1S/C17H19FN2O3S/c1-12(2)11-17(21)19-13-7-9-14(10-8-13)20-24(22,23)16-6-4-3-5-15(16)18/h3-10,12,20H,11H2,1-2H3,(H,19,21). The van der Waals surface area contributed by atoms with Crippen molar-refractivity contribution in [1.82, 2.24) is 0 Å². The van der Waals surface area contributed by atoms with E-state index in [1.807, 2.05) is 13.8 Å². The summed E-state index contributed by atoms with van der Waals surface area (Å²) in [5.41, 5.74) is 0.842. The van der Waals surface area contributed by atoms with E-state index < -0.39 is 20.7 Å². The molecule has 0 atom stereocenters. The summed E-state index contributed by atoms with van der Waals surface area (Å²) in [4.78, 5) is 11.3. The maximum Gasteiger partial charge on any atom is 0.264 e. The summed E-state index contributed by atoms with van der Waals surface area (Å²) < 4.78 is 40.3. The Bertz CT molecular complexity index is 818. The molecule has 0 fully saturated rings. The number of nitrogens with one attached hydrogen (secondary N) is 2. The monoisotopic (exact) mass is 350 g/mol. The quantitative estimate of drug-likeness (QED) is 0.836. The van der Waals surface area contributed by atoms with Crippen LogP contribution in [0.15, 0.2) is 53.4 Å². The van der Waals surface area contributed by atoms with Crippen LogP contribution in [0.2, 0.25) is 0 Å². The van der Waals surface area contributed by atoms with Gasteiger partial charge in [-0.2, -0.15) is 0 Å². The lowest BCUT2D eigenvalue weighted by Gasteiger charge is -2.10. The second-order valence-corrected chi connectivity index (χ2v) is 7.41. The summed E-state index contributed by atoms with van der Waals surface area (Å²) in [7, 11) is -4.01. The van der Waals surface area contributed by atoms with Gasteiger partial charge in [-0.05, 0) is 42.3 Å². The Balaban J connectivity index is 2.09. The van der Waals surface area contributed by atoms with Crippen molar-refractivity contribution >= 4 is 27.3 Å². The van der Waals surface area contributed by atoms with Gasteiger partial charge >= 0.3 is 0 Å². The van der Waals surface area contributed by atoms with Gasteiger partial charge in [0.1, 0.15) is 10.7 Å². The highest BCUT2D eigenvalue weighted by Crippen LogP contribution is 2.20. The Labute approximate surface area is 141 Å². The van der Waals surface area contributed by atoms with E-state index >= 15 is 0 Å². The lowest BCUT2D eigenvalue weighted by Crippen LogP contribution is -2.15. The van der Waals surface area contributed by atoms with Gasteiger partial charge in [0.2, 0.25) is 5.91 Å². The molecule has 0 bridgehead atoms. The van der Waals surface area contributed by atoms with Gasteiger partial charge in [-0.1, -0.05) is 26.0 Å². The lowest BCUT2D eigenvalue weighted by molar-refractivity contribution is -0.116. The molecule has 24 heavy (non-hydrogen) atoms. The number of anilines is 2. The number of halogens is 1. The van der Waals surface area contributed by atoms with Crippen LogP contribution in [0.25, 0.3) is 0 Å². The number of hydrogen-bond acceptors (Lipinski definition) is 3. The van der Waals surface area contributed by atoms with Gasteiger partial charge in [0.05, 0.1) is 0 Å². The van der Waals surface area contributed by atoms with Crippen LogP contribution in [0.1, 0.15) is 20.3 Å². The largest absolute Gasteiger partial charge is 0.326 e. The number of hydrogen-bond donors (Lipinski definition) is 2. The van der Waals surface area contributed by atoms with E-state index in [1.165, 1.54) is 30.3 Å². The van der Waals surface area contributed by atoms with Crippen LogP contribution in [0.3, 0.4) is 0 Å². The van der Waals surface area contributed by atoms with E-state index in [4.69, 9.17) is 0 Å². The Hall–Kier alpha value is -2.41. The summed E-state index contributed by atoms with van der Waals surface area (Å²) >= 11 is 0. The molecule has 0 saturated carbocycles. The molecule has 0 radical (unpaired) electrons. The van der Waals surface area contributed by atoms with Crippen molar-refractivity contribution in [2.45, 2.75) is 25.2 Å². The van der Waals surface area contributed by atoms with Gasteiger partial charge in [0.25, 0.3) is 10.0 Å². The van der Waals surface area contributed by atoms with Crippen LogP contribution in [-0.2, 0) is 14.8 Å². The van der Waals surface area contributed by atoms with Crippen molar-refractivity contribution in [2.24, 2.45) is 5.92 Å². The van der Waals surface area contributed by atoms with Gasteiger partial charge < -0.3 is 5.32 Å². The van der Waals surface area contributed by atoms with Gasteiger partial charge in [0, 0.05) is 17.8 Å². The van der Waals surface area contributed by atoms with Crippen molar-refractivity contribution < 1.29 is 17.6 Å². The van der Waals surface area contributed by atoms with E-state index in [0.29, 0.717) is 12.1 Å². The van der Waals surface area contributed by atoms with E-state index in [2.05, 4.69) is 10.0 Å². The fourth-order valence-electron chi connectivity index (χ4n) is 2.08. The van der Waals surface area contributed by atoms with E-state index in [0.717, 1.165) is 6.07 Å². The average molecular weight is 350 g/mol. The van der Waals surface area contributed by atoms with Gasteiger partial charge in [-0.3, -0.25) is 9.52 Å². The highest BCUT2D eigenvalue weighted by atomic mass is 32.2. The molecule has 7 heteroatoms. The molecule has 0 aromatic heterocycles. The molecule has 0 unspecified atom stereocenters. The fraction of sp³-hybridized carbons (Fsp3) is 0.235. The van der Waals surface area contributed by atoms with Crippen molar-refractivity contribution in [3.63, 3.8) is 0 Å². The smallest absolute Gasteiger partial charge is 0.264 e. The van der Waals surface area contributed by atoms with Crippen molar-refractivity contribution in [1.29, 1.82) is 0 Å². The maximum atomic E-state index is 13.6. The topological polar surface area (TPSA) is 75.3 Å². The molecule has 2 N–H and O–H groups in total. The van der Waals surface area contributed by atoms with Crippen LogP contribution >= 0.6 is 0 Å². The summed E-state index contributed by atoms with van der Waals surface area (Å²) in [6, 6.07) is 11.3. The summed E-state index contributed by atoms with van der Waals surface area (Å²) in [5, 5.41) is 2.73. The second kappa shape index (κ2) is 7.44. The zero-order valence-corrected chi connectivity index (χ0v) is 14.2. The molecule has 0 spiro atoms. The molecule has 5 nitrogen and oxygen atoms in total. The number of sulfonamides is 1. The molecule has 2 rings (SSSR count). The van der Waals surface area contributed by atoms with E-state index in [9.17, 15) is 17.6 Å². The van der Waals surface area contributed by atoms with Gasteiger partial charge in [-0.15, -0.1) is 0 Å². The number of carbonyl (C=O) groups is 1. The second-order valence-electron chi connectivity index (χ2n) is 5.76. The molecular weight excluding hydrogens is 331 g/mol. The van der Waals surface area contributed by atoms with Crippen LogP contribution in [0, 0.1) is 11.7 Å². The van der Waals surface area contributed by atoms with Crippen LogP contribution in [-0.4, -0.2) is 14.3 Å². The Morgan fingerprint density at radius 1 is 1.04 bits per heavy atom. The van der Waals surface area contributed by atoms with Crippen LogP contribution in [0.4, 0.5) is 15.8 Å².